The molecule has 0 radical (unpaired) electrons. The fraction of sp³-hybridized carbons (Fsp3) is 0.125. The van der Waals surface area contributed by atoms with E-state index < -0.39 is 0 Å². The summed E-state index contributed by atoms with van der Waals surface area (Å²) in [5, 5.41) is 11.6. The van der Waals surface area contributed by atoms with Crippen molar-refractivity contribution in [1.82, 2.24) is 14.9 Å². The van der Waals surface area contributed by atoms with Crippen LogP contribution in [0, 0.1) is 4.77 Å². The van der Waals surface area contributed by atoms with E-state index in [9.17, 15) is 0 Å². The largest absolute Gasteiger partial charge is 0.494 e. The molecule has 0 saturated heterocycles. The minimum Gasteiger partial charge on any atom is -0.494 e. The SMILES string of the molecule is CCOc1ccc(-c2n[nH]c(=S)n2N=Cc2ccc(OCc3ccccc3)cc2)cc1. The van der Waals surface area contributed by atoms with Crippen molar-refractivity contribution in [3.05, 3.63) is 94.8 Å². The van der Waals surface area contributed by atoms with Gasteiger partial charge in [-0.25, -0.2) is 5.10 Å². The number of hydrogen-bond donors (Lipinski definition) is 1. The number of aromatic amines is 1. The second-order valence-electron chi connectivity index (χ2n) is 6.71. The highest BCUT2D eigenvalue weighted by atomic mass is 32.1. The molecule has 0 aliphatic rings. The van der Waals surface area contributed by atoms with Crippen LogP contribution in [0.5, 0.6) is 11.5 Å². The summed E-state index contributed by atoms with van der Waals surface area (Å²) in [6, 6.07) is 25.5. The molecule has 0 spiro atoms. The number of hydrogen-bond acceptors (Lipinski definition) is 5. The zero-order chi connectivity index (χ0) is 21.5. The van der Waals surface area contributed by atoms with E-state index in [1.807, 2.05) is 85.8 Å². The fourth-order valence-corrected chi connectivity index (χ4v) is 3.15. The van der Waals surface area contributed by atoms with Gasteiger partial charge in [-0.15, -0.1) is 0 Å². The second kappa shape index (κ2) is 9.86. The third-order valence-corrected chi connectivity index (χ3v) is 4.79. The molecule has 0 saturated carbocycles. The van der Waals surface area contributed by atoms with Gasteiger partial charge in [-0.05, 0) is 78.8 Å². The lowest BCUT2D eigenvalue weighted by Gasteiger charge is -2.06. The highest BCUT2D eigenvalue weighted by Gasteiger charge is 2.08. The first-order chi connectivity index (χ1) is 15.2. The molecule has 4 rings (SSSR count). The summed E-state index contributed by atoms with van der Waals surface area (Å²) in [6.07, 6.45) is 1.74. The molecule has 6 nitrogen and oxygen atoms in total. The molecular weight excluding hydrogens is 408 g/mol. The Labute approximate surface area is 185 Å². The molecule has 7 heteroatoms. The Balaban J connectivity index is 1.46. The Kier molecular flexibility index (Phi) is 6.54. The molecule has 1 N–H and O–H groups in total. The Morgan fingerprint density at radius 3 is 2.32 bits per heavy atom. The van der Waals surface area contributed by atoms with E-state index in [2.05, 4.69) is 15.3 Å². The van der Waals surface area contributed by atoms with Gasteiger partial charge in [-0.1, -0.05) is 30.3 Å². The zero-order valence-electron chi connectivity index (χ0n) is 17.1. The summed E-state index contributed by atoms with van der Waals surface area (Å²) in [6.45, 7) is 3.11. The molecule has 3 aromatic carbocycles. The number of aromatic nitrogens is 3. The first-order valence-corrected chi connectivity index (χ1v) is 10.4. The minimum absolute atomic E-state index is 0.419. The highest BCUT2D eigenvalue weighted by molar-refractivity contribution is 7.71. The van der Waals surface area contributed by atoms with Crippen molar-refractivity contribution in [3.63, 3.8) is 0 Å². The van der Waals surface area contributed by atoms with Crippen LogP contribution < -0.4 is 9.47 Å². The van der Waals surface area contributed by atoms with Gasteiger partial charge in [0.05, 0.1) is 12.8 Å². The third kappa shape index (κ3) is 5.26. The van der Waals surface area contributed by atoms with E-state index in [4.69, 9.17) is 21.7 Å². The maximum atomic E-state index is 5.83. The topological polar surface area (TPSA) is 64.4 Å². The molecule has 0 amide bonds. The number of benzene rings is 3. The lowest BCUT2D eigenvalue weighted by molar-refractivity contribution is 0.306. The van der Waals surface area contributed by atoms with Gasteiger partial charge < -0.3 is 9.47 Å². The average Bonchev–Trinajstić information content (AvgIpc) is 3.18. The van der Waals surface area contributed by atoms with Gasteiger partial charge in [-0.2, -0.15) is 14.9 Å². The van der Waals surface area contributed by atoms with E-state index in [-0.39, 0.29) is 0 Å². The maximum Gasteiger partial charge on any atom is 0.216 e. The molecule has 0 aliphatic carbocycles. The highest BCUT2D eigenvalue weighted by Crippen LogP contribution is 2.21. The molecule has 0 unspecified atom stereocenters. The van der Waals surface area contributed by atoms with Gasteiger partial charge in [0, 0.05) is 5.56 Å². The van der Waals surface area contributed by atoms with Crippen molar-refractivity contribution < 1.29 is 9.47 Å². The lowest BCUT2D eigenvalue weighted by atomic mass is 10.2. The predicted octanol–water partition coefficient (Wildman–Crippen LogP) is 5.47. The van der Waals surface area contributed by atoms with Crippen LogP contribution in [0.3, 0.4) is 0 Å². The summed E-state index contributed by atoms with van der Waals surface area (Å²) < 4.78 is 13.3. The van der Waals surface area contributed by atoms with Crippen LogP contribution in [0.1, 0.15) is 18.1 Å². The minimum atomic E-state index is 0.419. The molecule has 0 aliphatic heterocycles. The number of rotatable bonds is 8. The standard InChI is InChI=1S/C24H22N4O2S/c1-2-29-21-14-10-20(11-15-21)23-26-27-24(31)28(23)25-16-18-8-12-22(13-9-18)30-17-19-6-4-3-5-7-19/h3-16H,2,17H2,1H3,(H,27,31). The summed E-state index contributed by atoms with van der Waals surface area (Å²) in [4.78, 5) is 0. The molecule has 156 valence electrons. The van der Waals surface area contributed by atoms with Crippen LogP contribution in [0.25, 0.3) is 11.4 Å². The quantitative estimate of drug-likeness (QED) is 0.297. The molecule has 0 bridgehead atoms. The van der Waals surface area contributed by atoms with Crippen LogP contribution in [0.15, 0.2) is 84.0 Å². The monoisotopic (exact) mass is 430 g/mol. The van der Waals surface area contributed by atoms with Crippen molar-refractivity contribution in [1.29, 1.82) is 0 Å². The summed E-state index contributed by atoms with van der Waals surface area (Å²) in [7, 11) is 0. The van der Waals surface area contributed by atoms with Crippen molar-refractivity contribution in [2.45, 2.75) is 13.5 Å². The van der Waals surface area contributed by atoms with Gasteiger partial charge in [-0.3, -0.25) is 0 Å². The molecule has 0 atom stereocenters. The average molecular weight is 431 g/mol. The van der Waals surface area contributed by atoms with Crippen molar-refractivity contribution in [2.24, 2.45) is 5.10 Å². The smallest absolute Gasteiger partial charge is 0.216 e. The number of H-pyrrole nitrogens is 1. The van der Waals surface area contributed by atoms with Crippen LogP contribution in [-0.2, 0) is 6.61 Å². The van der Waals surface area contributed by atoms with E-state index in [1.165, 1.54) is 0 Å². The molecule has 31 heavy (non-hydrogen) atoms. The summed E-state index contributed by atoms with van der Waals surface area (Å²) in [5.74, 6) is 2.24. The Morgan fingerprint density at radius 1 is 0.935 bits per heavy atom. The molecular formula is C24H22N4O2S. The normalized spacial score (nSPS) is 11.0. The van der Waals surface area contributed by atoms with Gasteiger partial charge in [0.25, 0.3) is 0 Å². The Morgan fingerprint density at radius 2 is 1.61 bits per heavy atom. The van der Waals surface area contributed by atoms with Gasteiger partial charge in [0.1, 0.15) is 18.1 Å². The predicted molar refractivity (Wildman–Crippen MR) is 124 cm³/mol. The molecule has 1 heterocycles. The van der Waals surface area contributed by atoms with Crippen LogP contribution in [0.4, 0.5) is 0 Å². The van der Waals surface area contributed by atoms with E-state index in [0.29, 0.717) is 23.8 Å². The van der Waals surface area contributed by atoms with Crippen LogP contribution in [-0.4, -0.2) is 27.7 Å². The van der Waals surface area contributed by atoms with Gasteiger partial charge in [0.2, 0.25) is 4.77 Å². The van der Waals surface area contributed by atoms with Crippen molar-refractivity contribution in [2.75, 3.05) is 6.61 Å². The lowest BCUT2D eigenvalue weighted by Crippen LogP contribution is -1.97. The van der Waals surface area contributed by atoms with E-state index in [1.54, 1.807) is 10.9 Å². The second-order valence-corrected chi connectivity index (χ2v) is 7.10. The number of nitrogens with one attached hydrogen (secondary N) is 1. The number of ether oxygens (including phenoxy) is 2. The van der Waals surface area contributed by atoms with Gasteiger partial charge >= 0.3 is 0 Å². The number of nitrogens with zero attached hydrogens (tertiary/aromatic N) is 3. The van der Waals surface area contributed by atoms with Crippen LogP contribution >= 0.6 is 12.2 Å². The van der Waals surface area contributed by atoms with Crippen molar-refractivity contribution >= 4 is 18.4 Å². The molecule has 0 fully saturated rings. The summed E-state index contributed by atoms with van der Waals surface area (Å²) in [5.41, 5.74) is 2.94. The maximum absolute atomic E-state index is 5.83. The molecule has 1 aromatic heterocycles. The first kappa shape index (κ1) is 20.6. The van der Waals surface area contributed by atoms with E-state index in [0.717, 1.165) is 28.2 Å². The van der Waals surface area contributed by atoms with Crippen LogP contribution in [0.2, 0.25) is 0 Å². The Bertz CT molecular complexity index is 1200. The van der Waals surface area contributed by atoms with E-state index >= 15 is 0 Å². The fourth-order valence-electron chi connectivity index (χ4n) is 2.97. The van der Waals surface area contributed by atoms with Crippen molar-refractivity contribution in [3.8, 4) is 22.9 Å². The summed E-state index contributed by atoms with van der Waals surface area (Å²) >= 11 is 5.34. The Hall–Kier alpha value is -3.71. The zero-order valence-corrected chi connectivity index (χ0v) is 17.9. The first-order valence-electron chi connectivity index (χ1n) is 9.95. The third-order valence-electron chi connectivity index (χ3n) is 4.52. The molecule has 4 aromatic rings. The van der Waals surface area contributed by atoms with Gasteiger partial charge in [0.15, 0.2) is 5.82 Å².